The van der Waals surface area contributed by atoms with Crippen molar-refractivity contribution in [3.63, 3.8) is 0 Å². The zero-order chi connectivity index (χ0) is 21.6. The lowest BCUT2D eigenvalue weighted by atomic mass is 9.84. The second kappa shape index (κ2) is 10.2. The van der Waals surface area contributed by atoms with E-state index >= 15 is 0 Å². The normalized spacial score (nSPS) is 23.2. The third kappa shape index (κ3) is 5.77. The zero-order valence-corrected chi connectivity index (χ0v) is 19.3. The Kier molecular flexibility index (Phi) is 7.82. The van der Waals surface area contributed by atoms with Gasteiger partial charge in [-0.3, -0.25) is 4.90 Å². The lowest BCUT2D eigenvalue weighted by molar-refractivity contribution is 0.0172. The number of likely N-dealkylation sites (tertiary alicyclic amines) is 2. The van der Waals surface area contributed by atoms with Gasteiger partial charge in [0.05, 0.1) is 6.54 Å². The van der Waals surface area contributed by atoms with Crippen molar-refractivity contribution in [2.75, 3.05) is 52.9 Å². The number of aryl methyl sites for hydroxylation is 1. The molecule has 0 amide bonds. The molecule has 0 aliphatic carbocycles. The van der Waals surface area contributed by atoms with Crippen LogP contribution in [0.5, 0.6) is 0 Å². The largest absolute Gasteiger partial charge is 0.463 e. The average molecular weight is 420 g/mol. The summed E-state index contributed by atoms with van der Waals surface area (Å²) in [6.45, 7) is 12.3. The number of piperidine rings is 2. The average Bonchev–Trinajstić information content (AvgIpc) is 3.19. The van der Waals surface area contributed by atoms with Gasteiger partial charge in [-0.25, -0.2) is 4.99 Å². The highest BCUT2D eigenvalue weighted by atomic mass is 16.4. The molecule has 0 aromatic carbocycles. The van der Waals surface area contributed by atoms with Gasteiger partial charge < -0.3 is 25.1 Å². The number of hydrogen-bond acceptors (Lipinski definition) is 5. The van der Waals surface area contributed by atoms with E-state index in [4.69, 9.17) is 9.41 Å². The number of nitrogens with one attached hydrogen (secondary N) is 2. The van der Waals surface area contributed by atoms with Crippen LogP contribution in [0.15, 0.2) is 21.5 Å². The molecule has 7 heteroatoms. The summed E-state index contributed by atoms with van der Waals surface area (Å²) in [6.07, 6.45) is 6.32. The Balaban J connectivity index is 1.68. The van der Waals surface area contributed by atoms with Gasteiger partial charge in [-0.05, 0) is 91.8 Å². The van der Waals surface area contributed by atoms with E-state index in [1.807, 2.05) is 19.1 Å². The Morgan fingerprint density at radius 2 is 1.87 bits per heavy atom. The van der Waals surface area contributed by atoms with E-state index in [-0.39, 0.29) is 12.1 Å². The fraction of sp³-hybridized carbons (Fsp3) is 0.783. The van der Waals surface area contributed by atoms with Gasteiger partial charge in [0.2, 0.25) is 0 Å². The van der Waals surface area contributed by atoms with Gasteiger partial charge in [0.15, 0.2) is 5.96 Å². The Bertz CT molecular complexity index is 686. The topological polar surface area (TPSA) is 76.3 Å². The SMILES string of the molecule is CCNC(=NCC(C)(O)c1ccc(C)o1)NCC1(N2CCCCC2)CCN(C)CC1. The smallest absolute Gasteiger partial charge is 0.191 e. The summed E-state index contributed by atoms with van der Waals surface area (Å²) in [5.74, 6) is 2.11. The zero-order valence-electron chi connectivity index (χ0n) is 19.3. The summed E-state index contributed by atoms with van der Waals surface area (Å²) in [5.41, 5.74) is -0.946. The van der Waals surface area contributed by atoms with E-state index in [9.17, 15) is 5.11 Å². The van der Waals surface area contributed by atoms with Crippen LogP contribution in [-0.2, 0) is 5.60 Å². The van der Waals surface area contributed by atoms with Crippen LogP contribution in [0.2, 0.25) is 0 Å². The molecule has 1 atom stereocenters. The van der Waals surface area contributed by atoms with Crippen molar-refractivity contribution in [1.29, 1.82) is 0 Å². The van der Waals surface area contributed by atoms with Crippen LogP contribution in [0, 0.1) is 6.92 Å². The number of aliphatic imine (C=N–C) groups is 1. The first kappa shape index (κ1) is 23.1. The van der Waals surface area contributed by atoms with Gasteiger partial charge in [-0.15, -0.1) is 0 Å². The van der Waals surface area contributed by atoms with Gasteiger partial charge in [0.25, 0.3) is 0 Å². The first-order valence-electron chi connectivity index (χ1n) is 11.6. The number of hydrogen-bond donors (Lipinski definition) is 3. The number of guanidine groups is 1. The maximum atomic E-state index is 10.8. The molecule has 170 valence electrons. The second-order valence-corrected chi connectivity index (χ2v) is 9.31. The third-order valence-electron chi connectivity index (χ3n) is 6.69. The first-order valence-corrected chi connectivity index (χ1v) is 11.6. The first-order chi connectivity index (χ1) is 14.3. The molecule has 3 N–H and O–H groups in total. The molecule has 0 saturated carbocycles. The van der Waals surface area contributed by atoms with Crippen molar-refractivity contribution in [1.82, 2.24) is 20.4 Å². The molecule has 0 spiro atoms. The van der Waals surface area contributed by atoms with E-state index in [0.29, 0.717) is 5.76 Å². The fourth-order valence-corrected chi connectivity index (χ4v) is 4.63. The summed E-state index contributed by atoms with van der Waals surface area (Å²) in [6, 6.07) is 3.70. The van der Waals surface area contributed by atoms with Gasteiger partial charge in [0, 0.05) is 18.6 Å². The van der Waals surface area contributed by atoms with Gasteiger partial charge in [-0.2, -0.15) is 0 Å². The van der Waals surface area contributed by atoms with E-state index in [1.165, 1.54) is 45.2 Å². The van der Waals surface area contributed by atoms with E-state index < -0.39 is 5.60 Å². The van der Waals surface area contributed by atoms with Crippen LogP contribution < -0.4 is 10.6 Å². The molecule has 1 aromatic rings. The van der Waals surface area contributed by atoms with Gasteiger partial charge >= 0.3 is 0 Å². The van der Waals surface area contributed by atoms with Crippen LogP contribution in [0.1, 0.15) is 57.5 Å². The summed E-state index contributed by atoms with van der Waals surface area (Å²) < 4.78 is 5.63. The fourth-order valence-electron chi connectivity index (χ4n) is 4.63. The Morgan fingerprint density at radius 3 is 2.47 bits per heavy atom. The van der Waals surface area contributed by atoms with E-state index in [1.54, 1.807) is 6.92 Å². The maximum absolute atomic E-state index is 10.8. The molecular weight excluding hydrogens is 378 g/mol. The molecule has 1 aromatic heterocycles. The van der Waals surface area contributed by atoms with Crippen molar-refractivity contribution < 1.29 is 9.52 Å². The predicted octanol–water partition coefficient (Wildman–Crippen LogP) is 2.30. The molecule has 2 saturated heterocycles. The van der Waals surface area contributed by atoms with Crippen LogP contribution in [0.4, 0.5) is 0 Å². The number of rotatable bonds is 7. The lowest BCUT2D eigenvalue weighted by Gasteiger charge is -2.50. The highest BCUT2D eigenvalue weighted by Gasteiger charge is 2.39. The minimum absolute atomic E-state index is 0.184. The molecule has 7 nitrogen and oxygen atoms in total. The van der Waals surface area contributed by atoms with Crippen molar-refractivity contribution in [2.45, 2.75) is 64.0 Å². The minimum Gasteiger partial charge on any atom is -0.463 e. The van der Waals surface area contributed by atoms with Crippen LogP contribution >= 0.6 is 0 Å². The Hall–Kier alpha value is -1.57. The van der Waals surface area contributed by atoms with E-state index in [2.05, 4.69) is 34.4 Å². The molecular formula is C23H41N5O2. The molecule has 2 aliphatic heterocycles. The molecule has 30 heavy (non-hydrogen) atoms. The molecule has 2 fully saturated rings. The van der Waals surface area contributed by atoms with Gasteiger partial charge in [-0.1, -0.05) is 6.42 Å². The van der Waals surface area contributed by atoms with Crippen LogP contribution in [0.3, 0.4) is 0 Å². The summed E-state index contributed by atoms with van der Waals surface area (Å²) in [4.78, 5) is 9.86. The highest BCUT2D eigenvalue weighted by Crippen LogP contribution is 2.31. The third-order valence-corrected chi connectivity index (χ3v) is 6.69. The van der Waals surface area contributed by atoms with E-state index in [0.717, 1.165) is 37.9 Å². The van der Waals surface area contributed by atoms with Crippen molar-refractivity contribution in [2.24, 2.45) is 4.99 Å². The highest BCUT2D eigenvalue weighted by molar-refractivity contribution is 5.79. The van der Waals surface area contributed by atoms with Crippen molar-refractivity contribution in [3.8, 4) is 0 Å². The molecule has 0 bridgehead atoms. The lowest BCUT2D eigenvalue weighted by Crippen LogP contribution is -2.62. The van der Waals surface area contributed by atoms with Crippen molar-refractivity contribution >= 4 is 5.96 Å². The second-order valence-electron chi connectivity index (χ2n) is 9.31. The predicted molar refractivity (Wildman–Crippen MR) is 122 cm³/mol. The van der Waals surface area contributed by atoms with Gasteiger partial charge in [0.1, 0.15) is 17.1 Å². The van der Waals surface area contributed by atoms with Crippen molar-refractivity contribution in [3.05, 3.63) is 23.7 Å². The molecule has 3 heterocycles. The number of furan rings is 1. The Labute approximate surface area is 181 Å². The molecule has 0 radical (unpaired) electrons. The number of nitrogens with zero attached hydrogens (tertiary/aromatic N) is 3. The minimum atomic E-state index is -1.13. The summed E-state index contributed by atoms with van der Waals surface area (Å²) >= 11 is 0. The number of aliphatic hydroxyl groups is 1. The van der Waals surface area contributed by atoms with Crippen LogP contribution in [0.25, 0.3) is 0 Å². The summed E-state index contributed by atoms with van der Waals surface area (Å²) in [7, 11) is 2.22. The maximum Gasteiger partial charge on any atom is 0.191 e. The quantitative estimate of drug-likeness (QED) is 0.465. The molecule has 2 aliphatic rings. The monoisotopic (exact) mass is 419 g/mol. The molecule has 3 rings (SSSR count). The molecule has 1 unspecified atom stereocenters. The van der Waals surface area contributed by atoms with Crippen LogP contribution in [-0.4, -0.2) is 79.3 Å². The Morgan fingerprint density at radius 1 is 1.17 bits per heavy atom. The standard InChI is InChI=1S/C23H41N5O2/c1-5-24-21(25-17-22(3,29)20-10-9-19(2)30-20)26-18-23(11-15-27(4)16-12-23)28-13-7-6-8-14-28/h9-10,29H,5-8,11-18H2,1-4H3,(H2,24,25,26). The summed E-state index contributed by atoms with van der Waals surface area (Å²) in [5, 5.41) is 17.8.